The molecule has 0 unspecified atom stereocenters. The van der Waals surface area contributed by atoms with Crippen molar-refractivity contribution in [1.29, 1.82) is 0 Å². The van der Waals surface area contributed by atoms with Crippen LogP contribution in [0, 0.1) is 0 Å². The Morgan fingerprint density at radius 1 is 1.09 bits per heavy atom. The monoisotopic (exact) mass is 303 g/mol. The third kappa shape index (κ3) is 6.52. The number of nitrogens with zero attached hydrogens (tertiary/aromatic N) is 1. The Kier molecular flexibility index (Phi) is 7.89. The van der Waals surface area contributed by atoms with Crippen molar-refractivity contribution in [1.82, 2.24) is 5.43 Å². The summed E-state index contributed by atoms with van der Waals surface area (Å²) < 4.78 is 0. The molecule has 0 radical (unpaired) electrons. The second-order valence-electron chi connectivity index (χ2n) is 5.22. The largest absolute Gasteiger partial charge is 0.326 e. The van der Waals surface area contributed by atoms with Crippen molar-refractivity contribution in [2.45, 2.75) is 52.9 Å². The van der Waals surface area contributed by atoms with Gasteiger partial charge in [-0.2, -0.15) is 5.10 Å². The molecule has 0 aromatic heterocycles. The first-order valence-electron chi connectivity index (χ1n) is 7.80. The Labute approximate surface area is 132 Å². The molecule has 0 atom stereocenters. The molecule has 2 N–H and O–H groups in total. The fraction of sp³-hybridized carbons (Fsp3) is 0.471. The maximum absolute atomic E-state index is 12.0. The molecule has 0 spiro atoms. The van der Waals surface area contributed by atoms with E-state index >= 15 is 0 Å². The van der Waals surface area contributed by atoms with E-state index in [1.54, 1.807) is 31.2 Å². The lowest BCUT2D eigenvalue weighted by Crippen LogP contribution is -2.19. The zero-order chi connectivity index (χ0) is 16.4. The summed E-state index contributed by atoms with van der Waals surface area (Å²) in [6.45, 7) is 5.86. The van der Waals surface area contributed by atoms with Crippen molar-refractivity contribution in [2.75, 3.05) is 5.32 Å². The number of rotatable bonds is 8. The predicted molar refractivity (Wildman–Crippen MR) is 90.1 cm³/mol. The normalized spacial score (nSPS) is 11.1. The van der Waals surface area contributed by atoms with Gasteiger partial charge >= 0.3 is 0 Å². The molecule has 1 aromatic carbocycles. The molecule has 0 aliphatic rings. The molecular weight excluding hydrogens is 278 g/mol. The highest BCUT2D eigenvalue weighted by Gasteiger charge is 2.05. The maximum atomic E-state index is 12.0. The minimum Gasteiger partial charge on any atom is -0.326 e. The summed E-state index contributed by atoms with van der Waals surface area (Å²) in [6.07, 6.45) is 4.75. The number of hydrogen-bond donors (Lipinski definition) is 2. The van der Waals surface area contributed by atoms with Gasteiger partial charge in [0.15, 0.2) is 0 Å². The predicted octanol–water partition coefficient (Wildman–Crippen LogP) is 3.72. The van der Waals surface area contributed by atoms with E-state index in [4.69, 9.17) is 0 Å². The van der Waals surface area contributed by atoms with Crippen LogP contribution in [0.1, 0.15) is 63.2 Å². The summed E-state index contributed by atoms with van der Waals surface area (Å²) in [7, 11) is 0. The highest BCUT2D eigenvalue weighted by atomic mass is 16.2. The first-order chi connectivity index (χ1) is 10.6. The van der Waals surface area contributed by atoms with E-state index < -0.39 is 0 Å². The molecule has 0 aliphatic carbocycles. The molecule has 22 heavy (non-hydrogen) atoms. The summed E-state index contributed by atoms with van der Waals surface area (Å²) in [5, 5.41) is 6.84. The van der Waals surface area contributed by atoms with E-state index in [9.17, 15) is 9.59 Å². The van der Waals surface area contributed by atoms with Crippen LogP contribution in [0.15, 0.2) is 29.4 Å². The minimum atomic E-state index is -0.247. The van der Waals surface area contributed by atoms with E-state index in [0.717, 1.165) is 18.6 Å². The molecule has 0 fully saturated rings. The van der Waals surface area contributed by atoms with Gasteiger partial charge in [-0.1, -0.05) is 26.7 Å². The van der Waals surface area contributed by atoms with E-state index in [-0.39, 0.29) is 11.8 Å². The highest BCUT2D eigenvalue weighted by Crippen LogP contribution is 2.10. The first kappa shape index (κ1) is 17.9. The molecule has 5 nitrogen and oxygen atoms in total. The Hall–Kier alpha value is -2.17. The highest BCUT2D eigenvalue weighted by molar-refractivity contribution is 5.96. The molecule has 0 heterocycles. The van der Waals surface area contributed by atoms with Crippen molar-refractivity contribution in [3.05, 3.63) is 29.8 Å². The second-order valence-corrected chi connectivity index (χ2v) is 5.22. The van der Waals surface area contributed by atoms with E-state index in [1.165, 1.54) is 12.8 Å². The van der Waals surface area contributed by atoms with Crippen LogP contribution in [-0.2, 0) is 4.79 Å². The molecule has 0 bridgehead atoms. The third-order valence-corrected chi connectivity index (χ3v) is 3.24. The lowest BCUT2D eigenvalue weighted by molar-refractivity contribution is -0.115. The molecule has 0 saturated heterocycles. The third-order valence-electron chi connectivity index (χ3n) is 3.24. The number of benzene rings is 1. The van der Waals surface area contributed by atoms with Crippen molar-refractivity contribution >= 4 is 23.2 Å². The molecule has 0 aliphatic heterocycles. The van der Waals surface area contributed by atoms with Crippen molar-refractivity contribution in [2.24, 2.45) is 5.10 Å². The number of hydrogen-bond acceptors (Lipinski definition) is 3. The van der Waals surface area contributed by atoms with Gasteiger partial charge in [-0.25, -0.2) is 5.43 Å². The van der Waals surface area contributed by atoms with E-state index in [2.05, 4.69) is 22.8 Å². The molecule has 0 saturated carbocycles. The number of unbranched alkanes of at least 4 members (excludes halogenated alkanes) is 2. The van der Waals surface area contributed by atoms with E-state index in [0.29, 0.717) is 17.7 Å². The summed E-state index contributed by atoms with van der Waals surface area (Å²) in [5.41, 5.74) is 4.68. The van der Waals surface area contributed by atoms with Gasteiger partial charge in [0.1, 0.15) is 0 Å². The van der Waals surface area contributed by atoms with Crippen LogP contribution in [-0.4, -0.2) is 17.5 Å². The van der Waals surface area contributed by atoms with Crippen LogP contribution < -0.4 is 10.7 Å². The Morgan fingerprint density at radius 3 is 2.36 bits per heavy atom. The maximum Gasteiger partial charge on any atom is 0.271 e. The lowest BCUT2D eigenvalue weighted by Gasteiger charge is -2.05. The van der Waals surface area contributed by atoms with Gasteiger partial charge in [-0.05, 0) is 44.0 Å². The SMILES string of the molecule is CCCCC/C(C)=N/NC(=O)c1ccc(NC(=O)CC)cc1. The average molecular weight is 303 g/mol. The van der Waals surface area contributed by atoms with Crippen molar-refractivity contribution in [3.63, 3.8) is 0 Å². The van der Waals surface area contributed by atoms with Crippen LogP contribution in [0.2, 0.25) is 0 Å². The summed E-state index contributed by atoms with van der Waals surface area (Å²) in [6, 6.07) is 6.76. The molecule has 2 amide bonds. The summed E-state index contributed by atoms with van der Waals surface area (Å²) >= 11 is 0. The number of hydrazone groups is 1. The number of carbonyl (C=O) groups excluding carboxylic acids is 2. The quantitative estimate of drug-likeness (QED) is 0.436. The standard InChI is InChI=1S/C17H25N3O2/c1-4-6-7-8-13(3)19-20-17(22)14-9-11-15(12-10-14)18-16(21)5-2/h9-12H,4-8H2,1-3H3,(H,18,21)(H,20,22)/b19-13+. The van der Waals surface area contributed by atoms with Gasteiger partial charge in [-0.15, -0.1) is 0 Å². The number of anilines is 1. The van der Waals surface area contributed by atoms with Crippen LogP contribution in [0.25, 0.3) is 0 Å². The summed E-state index contributed by atoms with van der Waals surface area (Å²) in [4.78, 5) is 23.2. The number of amides is 2. The fourth-order valence-corrected chi connectivity index (χ4v) is 1.85. The molecule has 120 valence electrons. The van der Waals surface area contributed by atoms with Gasteiger partial charge < -0.3 is 5.32 Å². The van der Waals surface area contributed by atoms with Gasteiger partial charge in [-0.3, -0.25) is 9.59 Å². The zero-order valence-electron chi connectivity index (χ0n) is 13.6. The fourth-order valence-electron chi connectivity index (χ4n) is 1.85. The second kappa shape index (κ2) is 9.71. The van der Waals surface area contributed by atoms with Crippen LogP contribution in [0.5, 0.6) is 0 Å². The summed E-state index contributed by atoms with van der Waals surface area (Å²) in [5.74, 6) is -0.298. The lowest BCUT2D eigenvalue weighted by atomic mass is 10.1. The Morgan fingerprint density at radius 2 is 1.77 bits per heavy atom. The van der Waals surface area contributed by atoms with E-state index in [1.807, 2.05) is 6.92 Å². The number of nitrogens with one attached hydrogen (secondary N) is 2. The van der Waals surface area contributed by atoms with Gasteiger partial charge in [0.2, 0.25) is 5.91 Å². The van der Waals surface area contributed by atoms with Gasteiger partial charge in [0, 0.05) is 23.4 Å². The molecule has 1 rings (SSSR count). The first-order valence-corrected chi connectivity index (χ1v) is 7.80. The Bertz CT molecular complexity index is 521. The molecular formula is C17H25N3O2. The zero-order valence-corrected chi connectivity index (χ0v) is 13.6. The Balaban J connectivity index is 2.51. The van der Waals surface area contributed by atoms with Crippen molar-refractivity contribution < 1.29 is 9.59 Å². The van der Waals surface area contributed by atoms with Gasteiger partial charge in [0.25, 0.3) is 5.91 Å². The average Bonchev–Trinajstić information content (AvgIpc) is 2.53. The van der Waals surface area contributed by atoms with Crippen LogP contribution >= 0.6 is 0 Å². The smallest absolute Gasteiger partial charge is 0.271 e. The minimum absolute atomic E-state index is 0.0514. The molecule has 1 aromatic rings. The van der Waals surface area contributed by atoms with Crippen LogP contribution in [0.3, 0.4) is 0 Å². The van der Waals surface area contributed by atoms with Gasteiger partial charge in [0.05, 0.1) is 0 Å². The molecule has 5 heteroatoms. The number of carbonyl (C=O) groups is 2. The van der Waals surface area contributed by atoms with Crippen molar-refractivity contribution in [3.8, 4) is 0 Å². The van der Waals surface area contributed by atoms with Crippen LogP contribution in [0.4, 0.5) is 5.69 Å². The topological polar surface area (TPSA) is 70.6 Å².